The fourth-order valence-electron chi connectivity index (χ4n) is 3.06. The number of nitrogens with zero attached hydrogens (tertiary/aromatic N) is 4. The molecule has 2 aromatic heterocycles. The standard InChI is InChI=1S/C20H19N5O2/c1-26-12-15-17(14-10-6-7-11-16(14)27-2)18(21)25-20(22-15)23-19(24-25)13-8-4-3-5-9-13/h3-11H,12,21H2,1-2H3. The van der Waals surface area contributed by atoms with Gasteiger partial charge < -0.3 is 15.2 Å². The van der Waals surface area contributed by atoms with Crippen LogP contribution in [0.4, 0.5) is 5.82 Å². The highest BCUT2D eigenvalue weighted by Gasteiger charge is 2.20. The predicted molar refractivity (Wildman–Crippen MR) is 103 cm³/mol. The molecule has 0 fully saturated rings. The van der Waals surface area contributed by atoms with Crippen molar-refractivity contribution in [2.45, 2.75) is 6.61 Å². The summed E-state index contributed by atoms with van der Waals surface area (Å²) in [7, 11) is 3.24. The average Bonchev–Trinajstić information content (AvgIpc) is 3.14. The summed E-state index contributed by atoms with van der Waals surface area (Å²) in [5.74, 6) is 2.13. The zero-order chi connectivity index (χ0) is 18.8. The number of rotatable bonds is 5. The van der Waals surface area contributed by atoms with Crippen molar-refractivity contribution >= 4 is 11.6 Å². The summed E-state index contributed by atoms with van der Waals surface area (Å²) in [6.45, 7) is 0.293. The van der Waals surface area contributed by atoms with Crippen LogP contribution >= 0.6 is 0 Å². The number of benzene rings is 2. The van der Waals surface area contributed by atoms with Crippen LogP contribution in [0.2, 0.25) is 0 Å². The van der Waals surface area contributed by atoms with Crippen molar-refractivity contribution in [1.29, 1.82) is 0 Å². The number of hydrogen-bond donors (Lipinski definition) is 1. The molecule has 0 aliphatic carbocycles. The number of para-hydroxylation sites is 1. The Kier molecular flexibility index (Phi) is 4.43. The van der Waals surface area contributed by atoms with E-state index in [4.69, 9.17) is 15.2 Å². The fraction of sp³-hybridized carbons (Fsp3) is 0.150. The quantitative estimate of drug-likeness (QED) is 0.587. The van der Waals surface area contributed by atoms with E-state index in [0.29, 0.717) is 35.5 Å². The Hall–Kier alpha value is -3.45. The van der Waals surface area contributed by atoms with Crippen LogP contribution in [0.15, 0.2) is 54.6 Å². The highest BCUT2D eigenvalue weighted by molar-refractivity contribution is 5.81. The third kappa shape index (κ3) is 2.98. The highest BCUT2D eigenvalue weighted by Crippen LogP contribution is 2.36. The third-order valence-electron chi connectivity index (χ3n) is 4.29. The molecule has 7 nitrogen and oxygen atoms in total. The van der Waals surface area contributed by atoms with Crippen molar-refractivity contribution in [2.75, 3.05) is 20.0 Å². The normalized spacial score (nSPS) is 11.0. The molecule has 0 radical (unpaired) electrons. The number of methoxy groups -OCH3 is 2. The molecule has 0 unspecified atom stereocenters. The van der Waals surface area contributed by atoms with Gasteiger partial charge in [-0.1, -0.05) is 48.5 Å². The van der Waals surface area contributed by atoms with Crippen LogP contribution in [-0.4, -0.2) is 33.8 Å². The summed E-state index contributed by atoms with van der Waals surface area (Å²) in [6, 6.07) is 17.4. The first-order valence-electron chi connectivity index (χ1n) is 8.45. The molecule has 4 rings (SSSR count). The van der Waals surface area contributed by atoms with E-state index in [-0.39, 0.29) is 0 Å². The van der Waals surface area contributed by atoms with Gasteiger partial charge in [0.25, 0.3) is 5.78 Å². The highest BCUT2D eigenvalue weighted by atomic mass is 16.5. The maximum Gasteiger partial charge on any atom is 0.255 e. The van der Waals surface area contributed by atoms with E-state index in [9.17, 15) is 0 Å². The Morgan fingerprint density at radius 2 is 1.70 bits per heavy atom. The van der Waals surface area contributed by atoms with Gasteiger partial charge in [-0.15, -0.1) is 5.10 Å². The Labute approximate surface area is 156 Å². The van der Waals surface area contributed by atoms with Gasteiger partial charge in [0, 0.05) is 18.2 Å². The molecule has 2 heterocycles. The Balaban J connectivity index is 1.98. The summed E-state index contributed by atoms with van der Waals surface area (Å²) >= 11 is 0. The number of anilines is 1. The molecule has 2 aromatic carbocycles. The fourth-order valence-corrected chi connectivity index (χ4v) is 3.06. The zero-order valence-corrected chi connectivity index (χ0v) is 15.1. The lowest BCUT2D eigenvalue weighted by atomic mass is 10.0. The smallest absolute Gasteiger partial charge is 0.255 e. The Morgan fingerprint density at radius 3 is 2.44 bits per heavy atom. The van der Waals surface area contributed by atoms with Gasteiger partial charge >= 0.3 is 0 Å². The second-order valence-electron chi connectivity index (χ2n) is 5.97. The second kappa shape index (κ2) is 7.05. The SMILES string of the molecule is COCc1nc2nc(-c3ccccc3)nn2c(N)c1-c1ccccc1OC. The van der Waals surface area contributed by atoms with Gasteiger partial charge in [-0.25, -0.2) is 4.98 Å². The van der Waals surface area contributed by atoms with Crippen LogP contribution in [0.25, 0.3) is 28.3 Å². The van der Waals surface area contributed by atoms with Crippen molar-refractivity contribution in [3.8, 4) is 28.3 Å². The first-order chi connectivity index (χ1) is 13.2. The minimum absolute atomic E-state index is 0.293. The second-order valence-corrected chi connectivity index (χ2v) is 5.97. The molecular weight excluding hydrogens is 342 g/mol. The van der Waals surface area contributed by atoms with Crippen molar-refractivity contribution in [3.05, 3.63) is 60.3 Å². The molecule has 0 spiro atoms. The van der Waals surface area contributed by atoms with Gasteiger partial charge in [-0.2, -0.15) is 9.50 Å². The molecule has 0 amide bonds. The predicted octanol–water partition coefficient (Wildman–Crippen LogP) is 3.20. The Morgan fingerprint density at radius 1 is 0.963 bits per heavy atom. The molecule has 136 valence electrons. The van der Waals surface area contributed by atoms with Gasteiger partial charge in [0.15, 0.2) is 5.82 Å². The van der Waals surface area contributed by atoms with Gasteiger partial charge in [-0.3, -0.25) is 0 Å². The third-order valence-corrected chi connectivity index (χ3v) is 4.29. The minimum atomic E-state index is 0.293. The van der Waals surface area contributed by atoms with Gasteiger partial charge in [-0.05, 0) is 6.07 Å². The summed E-state index contributed by atoms with van der Waals surface area (Å²) < 4.78 is 12.4. The van der Waals surface area contributed by atoms with Crippen LogP contribution < -0.4 is 10.5 Å². The number of ether oxygens (including phenoxy) is 2. The van der Waals surface area contributed by atoms with Crippen molar-refractivity contribution < 1.29 is 9.47 Å². The van der Waals surface area contributed by atoms with Crippen molar-refractivity contribution in [3.63, 3.8) is 0 Å². The zero-order valence-electron chi connectivity index (χ0n) is 15.1. The van der Waals surface area contributed by atoms with E-state index in [1.54, 1.807) is 18.7 Å². The molecule has 0 aliphatic heterocycles. The molecule has 0 atom stereocenters. The molecule has 0 aliphatic rings. The van der Waals surface area contributed by atoms with E-state index in [0.717, 1.165) is 16.7 Å². The van der Waals surface area contributed by atoms with Gasteiger partial charge in [0.2, 0.25) is 0 Å². The molecule has 4 aromatic rings. The van der Waals surface area contributed by atoms with E-state index < -0.39 is 0 Å². The molecule has 0 bridgehead atoms. The number of fused-ring (bicyclic) bond motifs is 1. The molecule has 0 saturated heterocycles. The largest absolute Gasteiger partial charge is 0.496 e. The first-order valence-corrected chi connectivity index (χ1v) is 8.45. The number of aromatic nitrogens is 4. The van der Waals surface area contributed by atoms with E-state index in [1.165, 1.54) is 0 Å². The molecule has 27 heavy (non-hydrogen) atoms. The van der Waals surface area contributed by atoms with Crippen LogP contribution in [0, 0.1) is 0 Å². The lowest BCUT2D eigenvalue weighted by Gasteiger charge is -2.14. The van der Waals surface area contributed by atoms with Crippen molar-refractivity contribution in [2.24, 2.45) is 0 Å². The monoisotopic (exact) mass is 361 g/mol. The van der Waals surface area contributed by atoms with E-state index in [1.807, 2.05) is 54.6 Å². The van der Waals surface area contributed by atoms with Gasteiger partial charge in [0.1, 0.15) is 11.6 Å². The minimum Gasteiger partial charge on any atom is -0.496 e. The van der Waals surface area contributed by atoms with E-state index >= 15 is 0 Å². The van der Waals surface area contributed by atoms with E-state index in [2.05, 4.69) is 15.1 Å². The topological polar surface area (TPSA) is 87.6 Å². The summed E-state index contributed by atoms with van der Waals surface area (Å²) in [5, 5.41) is 4.56. The summed E-state index contributed by atoms with van der Waals surface area (Å²) in [4.78, 5) is 9.19. The maximum absolute atomic E-state index is 6.51. The average molecular weight is 361 g/mol. The maximum atomic E-state index is 6.51. The van der Waals surface area contributed by atoms with Gasteiger partial charge in [0.05, 0.1) is 25.0 Å². The van der Waals surface area contributed by atoms with Crippen LogP contribution in [0.5, 0.6) is 5.75 Å². The lowest BCUT2D eigenvalue weighted by molar-refractivity contribution is 0.182. The molecule has 2 N–H and O–H groups in total. The van der Waals surface area contributed by atoms with Crippen LogP contribution in [0.1, 0.15) is 5.69 Å². The van der Waals surface area contributed by atoms with Crippen LogP contribution in [0.3, 0.4) is 0 Å². The summed E-state index contributed by atoms with van der Waals surface area (Å²) in [5.41, 5.74) is 9.64. The molecule has 7 heteroatoms. The first kappa shape index (κ1) is 17.0. The molecule has 0 saturated carbocycles. The van der Waals surface area contributed by atoms with Crippen LogP contribution in [-0.2, 0) is 11.3 Å². The number of hydrogen-bond acceptors (Lipinski definition) is 6. The number of nitrogen functional groups attached to an aromatic ring is 1. The summed E-state index contributed by atoms with van der Waals surface area (Å²) in [6.07, 6.45) is 0. The number of nitrogens with two attached hydrogens (primary N) is 1. The Bertz CT molecular complexity index is 1090. The lowest BCUT2D eigenvalue weighted by Crippen LogP contribution is -2.09. The van der Waals surface area contributed by atoms with Crippen molar-refractivity contribution in [1.82, 2.24) is 19.6 Å². The molecular formula is C20H19N5O2.